The molecular formula is C30H31N7O5. The second-order valence-electron chi connectivity index (χ2n) is 10.9. The molecule has 0 saturated heterocycles. The number of nitrogens with zero attached hydrogens (tertiary/aromatic N) is 5. The van der Waals surface area contributed by atoms with E-state index < -0.39 is 35.3 Å². The summed E-state index contributed by atoms with van der Waals surface area (Å²) < 4.78 is 12.9. The molecule has 216 valence electrons. The summed E-state index contributed by atoms with van der Waals surface area (Å²) in [4.78, 5) is 48.8. The highest BCUT2D eigenvalue weighted by atomic mass is 16.4. The van der Waals surface area contributed by atoms with Crippen LogP contribution in [0.2, 0.25) is 0 Å². The number of Topliss-reactive ketones (excluding diaryl/α,β-unsaturated/α-hetero) is 1. The number of carbonyl (C=O) groups is 2. The molecule has 0 aliphatic carbocycles. The van der Waals surface area contributed by atoms with Gasteiger partial charge in [-0.2, -0.15) is 0 Å². The minimum Gasteiger partial charge on any atom is -0.440 e. The van der Waals surface area contributed by atoms with Gasteiger partial charge in [0.25, 0.3) is 11.4 Å². The van der Waals surface area contributed by atoms with E-state index in [1.807, 2.05) is 24.3 Å². The van der Waals surface area contributed by atoms with Crippen molar-refractivity contribution in [2.75, 3.05) is 5.73 Å². The third-order valence-electron chi connectivity index (χ3n) is 6.99. The molecule has 0 spiro atoms. The Balaban J connectivity index is 1.38. The number of nitrogen functional groups attached to an aromatic ring is 1. The number of benzene rings is 2. The zero-order chi connectivity index (χ0) is 30.2. The largest absolute Gasteiger partial charge is 0.440 e. The van der Waals surface area contributed by atoms with Crippen LogP contribution in [0.1, 0.15) is 55.9 Å². The highest BCUT2D eigenvalue weighted by Gasteiger charge is 2.37. The van der Waals surface area contributed by atoms with Crippen LogP contribution in [0.5, 0.6) is 0 Å². The van der Waals surface area contributed by atoms with E-state index in [0.717, 1.165) is 0 Å². The zero-order valence-corrected chi connectivity index (χ0v) is 23.9. The van der Waals surface area contributed by atoms with Crippen LogP contribution in [0.25, 0.3) is 22.5 Å². The second kappa shape index (κ2) is 11.0. The van der Waals surface area contributed by atoms with Crippen LogP contribution in [-0.4, -0.2) is 42.5 Å². The van der Waals surface area contributed by atoms with Crippen LogP contribution in [0.3, 0.4) is 0 Å². The van der Waals surface area contributed by atoms with Crippen LogP contribution in [0.4, 0.5) is 5.69 Å². The summed E-state index contributed by atoms with van der Waals surface area (Å²) in [5.74, 6) is -0.986. The Hall–Kier alpha value is -5.13. The fraction of sp³-hybridized carbons (Fsp3) is 0.300. The smallest absolute Gasteiger partial charge is 0.286 e. The number of hydrogen-bond acceptors (Lipinski definition) is 10. The third kappa shape index (κ3) is 5.30. The number of amides is 1. The van der Waals surface area contributed by atoms with Crippen molar-refractivity contribution in [3.05, 3.63) is 88.3 Å². The maximum absolute atomic E-state index is 13.5. The predicted octanol–water partition coefficient (Wildman–Crippen LogP) is 3.67. The summed E-state index contributed by atoms with van der Waals surface area (Å²) in [6, 6.07) is 15.3. The van der Waals surface area contributed by atoms with E-state index in [9.17, 15) is 14.4 Å². The van der Waals surface area contributed by atoms with Crippen molar-refractivity contribution in [3.8, 4) is 11.4 Å². The molecule has 0 bridgehead atoms. The van der Waals surface area contributed by atoms with Crippen molar-refractivity contribution < 1.29 is 18.4 Å². The summed E-state index contributed by atoms with van der Waals surface area (Å²) in [5.41, 5.74) is 6.71. The van der Waals surface area contributed by atoms with E-state index in [0.29, 0.717) is 28.2 Å². The van der Waals surface area contributed by atoms with E-state index in [1.54, 1.807) is 65.0 Å². The number of nitrogens with two attached hydrogens (primary N) is 1. The molecule has 2 aromatic carbocycles. The van der Waals surface area contributed by atoms with Crippen molar-refractivity contribution in [1.29, 1.82) is 0 Å². The maximum Gasteiger partial charge on any atom is 0.286 e. The molecule has 0 radical (unpaired) electrons. The maximum atomic E-state index is 13.5. The molecule has 12 nitrogen and oxygen atoms in total. The number of hydrogen-bond donors (Lipinski definition) is 2. The monoisotopic (exact) mass is 569 g/mol. The average molecular weight is 570 g/mol. The predicted molar refractivity (Wildman–Crippen MR) is 155 cm³/mol. The van der Waals surface area contributed by atoms with E-state index in [4.69, 9.17) is 14.6 Å². The number of carbonyl (C=O) groups excluding carboxylic acids is 2. The Bertz CT molecular complexity index is 1800. The molecule has 0 unspecified atom stereocenters. The number of fused-ring (bicyclic) bond motifs is 1. The molecule has 3 N–H and O–H groups in total. The van der Waals surface area contributed by atoms with Crippen LogP contribution in [-0.2, 0) is 16.8 Å². The van der Waals surface area contributed by atoms with Gasteiger partial charge in [0.15, 0.2) is 5.58 Å². The van der Waals surface area contributed by atoms with Crippen molar-refractivity contribution in [2.45, 2.75) is 52.6 Å². The molecule has 0 fully saturated rings. The number of aromatic nitrogens is 5. The van der Waals surface area contributed by atoms with Gasteiger partial charge >= 0.3 is 0 Å². The Morgan fingerprint density at radius 1 is 0.976 bits per heavy atom. The van der Waals surface area contributed by atoms with Gasteiger partial charge in [-0.3, -0.25) is 19.0 Å². The lowest BCUT2D eigenvalue weighted by molar-refractivity contribution is -0.122. The van der Waals surface area contributed by atoms with Gasteiger partial charge in [0, 0.05) is 5.56 Å². The molecule has 0 aliphatic heterocycles. The van der Waals surface area contributed by atoms with Gasteiger partial charge in [0.1, 0.15) is 29.0 Å². The van der Waals surface area contributed by atoms with E-state index in [-0.39, 0.29) is 29.2 Å². The Labute approximate surface area is 241 Å². The highest BCUT2D eigenvalue weighted by Crippen LogP contribution is 2.32. The molecular weight excluding hydrogens is 538 g/mol. The minimum atomic E-state index is -1.01. The van der Waals surface area contributed by atoms with Crippen molar-refractivity contribution in [3.63, 3.8) is 0 Å². The van der Waals surface area contributed by atoms with Gasteiger partial charge in [-0.15, -0.1) is 10.2 Å². The number of para-hydroxylation sites is 2. The summed E-state index contributed by atoms with van der Waals surface area (Å²) in [6.45, 7) is 8.36. The van der Waals surface area contributed by atoms with E-state index in [1.165, 1.54) is 4.57 Å². The molecule has 5 aromatic rings. The standard InChI is InChI=1S/C30H31N7O5/c1-16(2)23(34-21(38)15-37-25(18-11-7-6-8-12-18)32-17(3)22(31)27(37)40)24(39)26-35-36-29(42-26)30(4,5)28-33-19-13-9-10-14-20(19)41-28/h6-14,16,23H,15,31H2,1-5H3,(H,34,38)/t23-/m0/s1. The molecule has 3 heterocycles. The van der Waals surface area contributed by atoms with Crippen molar-refractivity contribution in [1.82, 2.24) is 30.0 Å². The quantitative estimate of drug-likeness (QED) is 0.249. The zero-order valence-electron chi connectivity index (χ0n) is 23.9. The van der Waals surface area contributed by atoms with Crippen LogP contribution >= 0.6 is 0 Å². The van der Waals surface area contributed by atoms with Crippen LogP contribution in [0, 0.1) is 12.8 Å². The van der Waals surface area contributed by atoms with E-state index >= 15 is 0 Å². The first-order valence-electron chi connectivity index (χ1n) is 13.4. The van der Waals surface area contributed by atoms with Gasteiger partial charge < -0.3 is 19.9 Å². The molecule has 0 saturated carbocycles. The third-order valence-corrected chi connectivity index (χ3v) is 6.99. The fourth-order valence-electron chi connectivity index (χ4n) is 4.47. The second-order valence-corrected chi connectivity index (χ2v) is 10.9. The average Bonchev–Trinajstić information content (AvgIpc) is 3.65. The SMILES string of the molecule is Cc1nc(-c2ccccc2)n(CC(=O)N[C@H](C(=O)c2nnc(C(C)(C)c3nc4ccccc4o3)o2)C(C)C)c(=O)c1N. The van der Waals surface area contributed by atoms with Gasteiger partial charge in [-0.05, 0) is 38.8 Å². The molecule has 3 aromatic heterocycles. The molecule has 1 atom stereocenters. The highest BCUT2D eigenvalue weighted by molar-refractivity contribution is 5.98. The van der Waals surface area contributed by atoms with Gasteiger partial charge in [0.05, 0.1) is 11.7 Å². The lowest BCUT2D eigenvalue weighted by Crippen LogP contribution is -2.46. The van der Waals surface area contributed by atoms with Gasteiger partial charge in [0.2, 0.25) is 23.5 Å². The van der Waals surface area contributed by atoms with Gasteiger partial charge in [-0.1, -0.05) is 56.3 Å². The molecule has 1 amide bonds. The van der Waals surface area contributed by atoms with Crippen LogP contribution in [0.15, 0.2) is 68.2 Å². The van der Waals surface area contributed by atoms with Crippen molar-refractivity contribution >= 4 is 28.5 Å². The normalized spacial score (nSPS) is 12.5. The Kier molecular flexibility index (Phi) is 7.46. The number of oxazole rings is 1. The first-order valence-corrected chi connectivity index (χ1v) is 13.4. The van der Waals surface area contributed by atoms with Crippen LogP contribution < -0.4 is 16.6 Å². The Morgan fingerprint density at radius 2 is 1.67 bits per heavy atom. The molecule has 12 heteroatoms. The molecule has 5 rings (SSSR count). The summed E-state index contributed by atoms with van der Waals surface area (Å²) in [7, 11) is 0. The fourth-order valence-corrected chi connectivity index (χ4v) is 4.47. The lowest BCUT2D eigenvalue weighted by Gasteiger charge is -2.21. The lowest BCUT2D eigenvalue weighted by atomic mass is 9.93. The first kappa shape index (κ1) is 28.4. The summed E-state index contributed by atoms with van der Waals surface area (Å²) >= 11 is 0. The first-order chi connectivity index (χ1) is 20.0. The Morgan fingerprint density at radius 3 is 2.36 bits per heavy atom. The minimum absolute atomic E-state index is 0.0566. The molecule has 0 aliphatic rings. The number of anilines is 1. The summed E-state index contributed by atoms with van der Waals surface area (Å²) in [6.07, 6.45) is 0. The number of nitrogens with one attached hydrogen (secondary N) is 1. The van der Waals surface area contributed by atoms with E-state index in [2.05, 4.69) is 25.5 Å². The number of rotatable bonds is 9. The topological polar surface area (TPSA) is 172 Å². The molecule has 42 heavy (non-hydrogen) atoms. The van der Waals surface area contributed by atoms with Gasteiger partial charge in [-0.25, -0.2) is 9.97 Å². The van der Waals surface area contributed by atoms with Crippen molar-refractivity contribution in [2.24, 2.45) is 5.92 Å². The number of aryl methyl sites for hydroxylation is 1. The summed E-state index contributed by atoms with van der Waals surface area (Å²) in [5, 5.41) is 10.8. The number of ketones is 1.